The lowest BCUT2D eigenvalue weighted by atomic mass is 9.89. The van der Waals surface area contributed by atoms with Crippen LogP contribution in [0.2, 0.25) is 0 Å². The van der Waals surface area contributed by atoms with E-state index in [0.29, 0.717) is 18.8 Å². The van der Waals surface area contributed by atoms with Crippen molar-refractivity contribution in [3.05, 3.63) is 59.8 Å². The minimum Gasteiger partial charge on any atom is -0.466 e. The van der Waals surface area contributed by atoms with E-state index in [4.69, 9.17) is 24.2 Å². The molecule has 0 aromatic rings. The van der Waals surface area contributed by atoms with Gasteiger partial charge in [-0.2, -0.15) is 0 Å². The van der Waals surface area contributed by atoms with Gasteiger partial charge in [-0.1, -0.05) is 61.4 Å². The van der Waals surface area contributed by atoms with Crippen LogP contribution in [0.1, 0.15) is 78.6 Å². The van der Waals surface area contributed by atoms with Gasteiger partial charge in [0.15, 0.2) is 0 Å². The normalized spacial score (nSPS) is 33.4. The van der Waals surface area contributed by atoms with E-state index < -0.39 is 24.1 Å². The molecule has 3 aliphatic rings. The van der Waals surface area contributed by atoms with Crippen molar-refractivity contribution in [3.8, 4) is 0 Å². The third kappa shape index (κ3) is 11.7. The molecule has 1 amide bonds. The Morgan fingerprint density at radius 2 is 1.71 bits per heavy atom. The lowest BCUT2D eigenvalue weighted by molar-refractivity contribution is -0.154. The van der Waals surface area contributed by atoms with Gasteiger partial charge in [0.1, 0.15) is 6.10 Å². The largest absolute Gasteiger partial charge is 0.466 e. The number of allylic oxidation sites excluding steroid dienone is 5. The number of cyclic esters (lactones) is 1. The summed E-state index contributed by atoms with van der Waals surface area (Å²) in [6, 6.07) is 0. The van der Waals surface area contributed by atoms with E-state index in [9.17, 15) is 14.4 Å². The summed E-state index contributed by atoms with van der Waals surface area (Å²) in [5.41, 5.74) is 3.32. The Balaban J connectivity index is 1.80. The van der Waals surface area contributed by atoms with E-state index in [1.54, 1.807) is 24.6 Å². The number of esters is 2. The molecule has 2 fully saturated rings. The van der Waals surface area contributed by atoms with Crippen LogP contribution in [0.15, 0.2) is 59.8 Å². The van der Waals surface area contributed by atoms with E-state index in [1.807, 2.05) is 25.2 Å². The summed E-state index contributed by atoms with van der Waals surface area (Å²) in [6.45, 7) is 6.00. The second kappa shape index (κ2) is 17.2. The highest BCUT2D eigenvalue weighted by molar-refractivity contribution is 5.82. The Kier molecular flexibility index (Phi) is 13.7. The van der Waals surface area contributed by atoms with Crippen LogP contribution < -0.4 is 5.48 Å². The molecule has 9 heteroatoms. The zero-order valence-electron chi connectivity index (χ0n) is 25.3. The van der Waals surface area contributed by atoms with Gasteiger partial charge in [-0.25, -0.2) is 10.3 Å². The predicted octanol–water partition coefficient (Wildman–Crippen LogP) is 5.45. The maximum absolute atomic E-state index is 13.2. The summed E-state index contributed by atoms with van der Waals surface area (Å²) in [7, 11) is 1.36. The molecule has 3 aliphatic heterocycles. The fourth-order valence-corrected chi connectivity index (χ4v) is 5.75. The van der Waals surface area contributed by atoms with Crippen molar-refractivity contribution in [2.24, 2.45) is 11.8 Å². The van der Waals surface area contributed by atoms with E-state index in [0.717, 1.165) is 43.3 Å². The van der Waals surface area contributed by atoms with Crippen molar-refractivity contribution < 1.29 is 38.5 Å². The number of carbonyl (C=O) groups is 3. The topological polar surface area (TPSA) is 120 Å². The van der Waals surface area contributed by atoms with Crippen molar-refractivity contribution in [2.75, 3.05) is 7.11 Å². The molecule has 0 aliphatic carbocycles. The SMILES string of the molecule is COC(=O)/C=C1\CC2CC(=O)OC(/C=C/C=C\C=C(/C)CC(=O)NO)C(C)/C=C/C(C)CC3CCCC(CC(C1)O2)O3. The van der Waals surface area contributed by atoms with Gasteiger partial charge >= 0.3 is 11.9 Å². The number of rotatable bonds is 6. The molecule has 232 valence electrons. The number of hydrogen-bond donors (Lipinski definition) is 2. The molecule has 4 bridgehead atoms. The van der Waals surface area contributed by atoms with Gasteiger partial charge < -0.3 is 18.9 Å². The monoisotopic (exact) mass is 585 g/mol. The number of hydroxylamine groups is 1. The molecular formula is C33H47NO8. The van der Waals surface area contributed by atoms with Gasteiger partial charge in [-0.15, -0.1) is 0 Å². The first kappa shape index (κ1) is 33.5. The Morgan fingerprint density at radius 3 is 2.45 bits per heavy atom. The molecule has 2 saturated heterocycles. The van der Waals surface area contributed by atoms with Crippen LogP contribution in [0, 0.1) is 11.8 Å². The average molecular weight is 586 g/mol. The Hall–Kier alpha value is -3.01. The number of ether oxygens (including phenoxy) is 4. The van der Waals surface area contributed by atoms with Crippen LogP contribution in [-0.2, 0) is 33.3 Å². The lowest BCUT2D eigenvalue weighted by Crippen LogP contribution is -2.37. The molecule has 2 N–H and O–H groups in total. The van der Waals surface area contributed by atoms with E-state index >= 15 is 0 Å². The molecule has 42 heavy (non-hydrogen) atoms. The number of hydrogen-bond acceptors (Lipinski definition) is 8. The Bertz CT molecular complexity index is 1070. The van der Waals surface area contributed by atoms with Crippen molar-refractivity contribution in [3.63, 3.8) is 0 Å². The highest BCUT2D eigenvalue weighted by Gasteiger charge is 2.33. The van der Waals surface area contributed by atoms with Crippen LogP contribution in [0.3, 0.4) is 0 Å². The van der Waals surface area contributed by atoms with Gasteiger partial charge in [0.25, 0.3) is 0 Å². The number of nitrogens with one attached hydrogen (secondary N) is 1. The molecule has 7 unspecified atom stereocenters. The summed E-state index contributed by atoms with van der Waals surface area (Å²) >= 11 is 0. The number of amides is 1. The molecule has 9 nitrogen and oxygen atoms in total. The first-order valence-corrected chi connectivity index (χ1v) is 15.0. The van der Waals surface area contributed by atoms with Crippen molar-refractivity contribution in [1.29, 1.82) is 0 Å². The quantitative estimate of drug-likeness (QED) is 0.105. The van der Waals surface area contributed by atoms with Gasteiger partial charge in [0.05, 0.1) is 37.9 Å². The number of carbonyl (C=O) groups excluding carboxylic acids is 3. The second-order valence-corrected chi connectivity index (χ2v) is 11.8. The smallest absolute Gasteiger partial charge is 0.330 e. The first-order valence-electron chi connectivity index (χ1n) is 15.0. The molecule has 0 aromatic carbocycles. The molecule has 7 atom stereocenters. The molecule has 0 radical (unpaired) electrons. The highest BCUT2D eigenvalue weighted by Crippen LogP contribution is 2.33. The maximum atomic E-state index is 13.2. The van der Waals surface area contributed by atoms with E-state index in [1.165, 1.54) is 13.2 Å². The van der Waals surface area contributed by atoms with Crippen LogP contribution in [0.5, 0.6) is 0 Å². The molecular weight excluding hydrogens is 538 g/mol. The van der Waals surface area contributed by atoms with Crippen LogP contribution in [0.25, 0.3) is 0 Å². The maximum Gasteiger partial charge on any atom is 0.330 e. The highest BCUT2D eigenvalue weighted by atomic mass is 16.6. The van der Waals surface area contributed by atoms with Gasteiger partial charge in [0.2, 0.25) is 5.91 Å². The van der Waals surface area contributed by atoms with Gasteiger partial charge in [0, 0.05) is 24.8 Å². The molecule has 0 spiro atoms. The van der Waals surface area contributed by atoms with Crippen LogP contribution in [0.4, 0.5) is 0 Å². The van der Waals surface area contributed by atoms with Crippen molar-refractivity contribution in [2.45, 2.75) is 109 Å². The minimum absolute atomic E-state index is 0.0744. The third-order valence-corrected chi connectivity index (χ3v) is 7.88. The first-order chi connectivity index (χ1) is 20.1. The lowest BCUT2D eigenvalue weighted by Gasteiger charge is -2.37. The molecule has 3 heterocycles. The fraction of sp³-hybridized carbons (Fsp3) is 0.606. The molecule has 3 rings (SSSR count). The summed E-state index contributed by atoms with van der Waals surface area (Å²) < 4.78 is 23.7. The van der Waals surface area contributed by atoms with Gasteiger partial charge in [-0.3, -0.25) is 14.8 Å². The molecule has 0 aromatic heterocycles. The zero-order chi connectivity index (χ0) is 30.5. The summed E-state index contributed by atoms with van der Waals surface area (Å²) in [5, 5.41) is 8.68. The summed E-state index contributed by atoms with van der Waals surface area (Å²) in [5.74, 6) is -1.02. The van der Waals surface area contributed by atoms with Crippen LogP contribution in [-0.4, -0.2) is 60.7 Å². The zero-order valence-corrected chi connectivity index (χ0v) is 25.3. The average Bonchev–Trinajstić information content (AvgIpc) is 2.94. The minimum atomic E-state index is -0.497. The third-order valence-electron chi connectivity index (χ3n) is 7.88. The Morgan fingerprint density at radius 1 is 1.00 bits per heavy atom. The summed E-state index contributed by atoms with van der Waals surface area (Å²) in [6.07, 6.45) is 20.1. The Labute approximate surface area is 249 Å². The van der Waals surface area contributed by atoms with E-state index in [-0.39, 0.29) is 43.0 Å². The van der Waals surface area contributed by atoms with E-state index in [2.05, 4.69) is 19.1 Å². The fourth-order valence-electron chi connectivity index (χ4n) is 5.75. The van der Waals surface area contributed by atoms with Gasteiger partial charge in [-0.05, 0) is 57.4 Å². The number of fused-ring (bicyclic) bond motifs is 4. The van der Waals surface area contributed by atoms with Crippen molar-refractivity contribution in [1.82, 2.24) is 5.48 Å². The van der Waals surface area contributed by atoms with Crippen molar-refractivity contribution >= 4 is 17.8 Å². The second-order valence-electron chi connectivity index (χ2n) is 11.8. The molecule has 0 saturated carbocycles. The number of methoxy groups -OCH3 is 1. The predicted molar refractivity (Wildman–Crippen MR) is 158 cm³/mol. The van der Waals surface area contributed by atoms with Crippen LogP contribution >= 0.6 is 0 Å². The standard InChI is InChI=1S/C33H47NO8/c1-22(16-31(35)34-38)9-6-5-7-12-30-24(3)14-13-23(2)15-26-10-8-11-27(40-26)20-28-17-25(19-32(36)39-4)18-29(41-28)21-33(37)42-30/h5-7,9,12-14,19,23-24,26-30,38H,8,10-11,15-18,20-21H2,1-4H3,(H,34,35)/b6-5-,12-7+,14-13+,22-9+,25-19-. The summed E-state index contributed by atoms with van der Waals surface area (Å²) in [4.78, 5) is 36.5.